The lowest BCUT2D eigenvalue weighted by Crippen LogP contribution is -2.44. The number of rotatable bonds is 7. The van der Waals surface area contributed by atoms with Gasteiger partial charge in [0.2, 0.25) is 0 Å². The summed E-state index contributed by atoms with van der Waals surface area (Å²) in [6, 6.07) is 1.62. The minimum Gasteiger partial charge on any atom is -0.314 e. The maximum Gasteiger partial charge on any atom is 0.0110 e. The zero-order valence-electron chi connectivity index (χ0n) is 11.5. The van der Waals surface area contributed by atoms with Crippen molar-refractivity contribution >= 4 is 0 Å². The van der Waals surface area contributed by atoms with Gasteiger partial charge in [0.15, 0.2) is 0 Å². The third-order valence-electron chi connectivity index (χ3n) is 3.76. The monoisotopic (exact) mass is 226 g/mol. The van der Waals surface area contributed by atoms with Crippen LogP contribution in [-0.2, 0) is 0 Å². The van der Waals surface area contributed by atoms with Gasteiger partial charge < -0.3 is 10.2 Å². The Kier molecular flexibility index (Phi) is 7.06. The number of hydrogen-bond donors (Lipinski definition) is 1. The largest absolute Gasteiger partial charge is 0.314 e. The number of nitrogens with zero attached hydrogens (tertiary/aromatic N) is 1. The van der Waals surface area contributed by atoms with E-state index in [1.54, 1.807) is 0 Å². The zero-order chi connectivity index (χ0) is 11.8. The summed E-state index contributed by atoms with van der Waals surface area (Å²) in [5.41, 5.74) is 0. The van der Waals surface area contributed by atoms with E-state index >= 15 is 0 Å². The summed E-state index contributed by atoms with van der Waals surface area (Å²) < 4.78 is 0. The molecule has 0 aliphatic heterocycles. The first-order valence-electron chi connectivity index (χ1n) is 7.29. The SMILES string of the molecule is CCCNC1CCCC(N(CC)CCC)C1. The predicted octanol–water partition coefficient (Wildman–Crippen LogP) is 3.03. The summed E-state index contributed by atoms with van der Waals surface area (Å²) in [6.45, 7) is 10.5. The second kappa shape index (κ2) is 8.08. The van der Waals surface area contributed by atoms with Crippen LogP contribution in [0.4, 0.5) is 0 Å². The molecule has 1 rings (SSSR count). The van der Waals surface area contributed by atoms with Crippen molar-refractivity contribution in [1.82, 2.24) is 10.2 Å². The molecule has 0 aromatic heterocycles. The molecule has 1 N–H and O–H groups in total. The molecule has 0 aromatic carbocycles. The molecule has 0 heterocycles. The Labute approximate surface area is 102 Å². The predicted molar refractivity (Wildman–Crippen MR) is 71.9 cm³/mol. The second-order valence-corrected chi connectivity index (χ2v) is 5.10. The maximum absolute atomic E-state index is 3.70. The smallest absolute Gasteiger partial charge is 0.0110 e. The van der Waals surface area contributed by atoms with Crippen molar-refractivity contribution in [3.8, 4) is 0 Å². The van der Waals surface area contributed by atoms with E-state index in [0.717, 1.165) is 12.1 Å². The Balaban J connectivity index is 2.35. The molecule has 1 aliphatic rings. The van der Waals surface area contributed by atoms with Gasteiger partial charge in [0, 0.05) is 12.1 Å². The summed E-state index contributed by atoms with van der Waals surface area (Å²) >= 11 is 0. The van der Waals surface area contributed by atoms with E-state index in [1.807, 2.05) is 0 Å². The van der Waals surface area contributed by atoms with E-state index in [4.69, 9.17) is 0 Å². The Bertz CT molecular complexity index is 170. The van der Waals surface area contributed by atoms with Crippen LogP contribution in [0.2, 0.25) is 0 Å². The lowest BCUT2D eigenvalue weighted by atomic mass is 9.89. The minimum absolute atomic E-state index is 0.782. The van der Waals surface area contributed by atoms with E-state index in [0.29, 0.717) is 0 Å². The summed E-state index contributed by atoms with van der Waals surface area (Å²) in [6.07, 6.45) is 8.13. The molecular formula is C14H30N2. The first kappa shape index (κ1) is 14.0. The first-order chi connectivity index (χ1) is 7.81. The molecule has 2 unspecified atom stereocenters. The molecule has 2 atom stereocenters. The van der Waals surface area contributed by atoms with E-state index < -0.39 is 0 Å². The van der Waals surface area contributed by atoms with E-state index in [-0.39, 0.29) is 0 Å². The number of nitrogens with one attached hydrogen (secondary N) is 1. The van der Waals surface area contributed by atoms with E-state index in [2.05, 4.69) is 31.0 Å². The number of hydrogen-bond acceptors (Lipinski definition) is 2. The van der Waals surface area contributed by atoms with Gasteiger partial charge in [0.05, 0.1) is 0 Å². The molecule has 0 amide bonds. The Morgan fingerprint density at radius 2 is 1.94 bits per heavy atom. The normalized spacial score (nSPS) is 26.2. The van der Waals surface area contributed by atoms with Crippen LogP contribution in [0.1, 0.15) is 59.3 Å². The standard InChI is InChI=1S/C14H30N2/c1-4-10-15-13-8-7-9-14(12-13)16(6-3)11-5-2/h13-15H,4-12H2,1-3H3. The molecule has 1 aliphatic carbocycles. The highest BCUT2D eigenvalue weighted by atomic mass is 15.2. The summed E-state index contributed by atoms with van der Waals surface area (Å²) in [5, 5.41) is 3.70. The van der Waals surface area contributed by atoms with Crippen molar-refractivity contribution in [2.24, 2.45) is 0 Å². The average molecular weight is 226 g/mol. The second-order valence-electron chi connectivity index (χ2n) is 5.10. The summed E-state index contributed by atoms with van der Waals surface area (Å²) in [7, 11) is 0. The lowest BCUT2D eigenvalue weighted by molar-refractivity contribution is 0.146. The average Bonchev–Trinajstić information content (AvgIpc) is 2.33. The molecule has 0 aromatic rings. The van der Waals surface area contributed by atoms with Gasteiger partial charge in [-0.15, -0.1) is 0 Å². The van der Waals surface area contributed by atoms with Crippen LogP contribution in [0.5, 0.6) is 0 Å². The Morgan fingerprint density at radius 1 is 1.12 bits per heavy atom. The first-order valence-corrected chi connectivity index (χ1v) is 7.29. The van der Waals surface area contributed by atoms with Crippen LogP contribution in [0.25, 0.3) is 0 Å². The van der Waals surface area contributed by atoms with Crippen molar-refractivity contribution in [3.63, 3.8) is 0 Å². The maximum atomic E-state index is 3.70. The fourth-order valence-corrected chi connectivity index (χ4v) is 2.92. The molecule has 0 bridgehead atoms. The van der Waals surface area contributed by atoms with Crippen molar-refractivity contribution in [2.45, 2.75) is 71.4 Å². The summed E-state index contributed by atoms with van der Waals surface area (Å²) in [5.74, 6) is 0. The van der Waals surface area contributed by atoms with Crippen molar-refractivity contribution < 1.29 is 0 Å². The fourth-order valence-electron chi connectivity index (χ4n) is 2.92. The molecule has 2 nitrogen and oxygen atoms in total. The highest BCUT2D eigenvalue weighted by molar-refractivity contribution is 4.83. The van der Waals surface area contributed by atoms with Crippen LogP contribution >= 0.6 is 0 Å². The molecular weight excluding hydrogens is 196 g/mol. The van der Waals surface area contributed by atoms with E-state index in [9.17, 15) is 0 Å². The molecule has 1 fully saturated rings. The molecule has 16 heavy (non-hydrogen) atoms. The molecule has 96 valence electrons. The van der Waals surface area contributed by atoms with Crippen LogP contribution < -0.4 is 5.32 Å². The minimum atomic E-state index is 0.782. The Hall–Kier alpha value is -0.0800. The third-order valence-corrected chi connectivity index (χ3v) is 3.76. The van der Waals surface area contributed by atoms with Crippen LogP contribution in [-0.4, -0.2) is 36.6 Å². The molecule has 1 saturated carbocycles. The third kappa shape index (κ3) is 4.42. The van der Waals surface area contributed by atoms with Crippen molar-refractivity contribution in [3.05, 3.63) is 0 Å². The molecule has 0 saturated heterocycles. The zero-order valence-corrected chi connectivity index (χ0v) is 11.5. The molecule has 2 heteroatoms. The van der Waals surface area contributed by atoms with E-state index in [1.165, 1.54) is 58.2 Å². The van der Waals surface area contributed by atoms with Crippen molar-refractivity contribution in [2.75, 3.05) is 19.6 Å². The van der Waals surface area contributed by atoms with Gasteiger partial charge in [-0.1, -0.05) is 27.2 Å². The van der Waals surface area contributed by atoms with Crippen LogP contribution in [0.3, 0.4) is 0 Å². The quantitative estimate of drug-likeness (QED) is 0.718. The van der Waals surface area contributed by atoms with Crippen LogP contribution in [0, 0.1) is 0 Å². The summed E-state index contributed by atoms with van der Waals surface area (Å²) in [4.78, 5) is 2.68. The van der Waals surface area contributed by atoms with Crippen molar-refractivity contribution in [1.29, 1.82) is 0 Å². The lowest BCUT2D eigenvalue weighted by Gasteiger charge is -2.37. The fraction of sp³-hybridized carbons (Fsp3) is 1.00. The molecule has 0 spiro atoms. The molecule has 0 radical (unpaired) electrons. The highest BCUT2D eigenvalue weighted by Gasteiger charge is 2.24. The Morgan fingerprint density at radius 3 is 2.56 bits per heavy atom. The highest BCUT2D eigenvalue weighted by Crippen LogP contribution is 2.23. The van der Waals surface area contributed by atoms with Gasteiger partial charge in [-0.2, -0.15) is 0 Å². The van der Waals surface area contributed by atoms with Gasteiger partial charge in [-0.05, 0) is 51.7 Å². The van der Waals surface area contributed by atoms with Gasteiger partial charge in [0.1, 0.15) is 0 Å². The van der Waals surface area contributed by atoms with Gasteiger partial charge in [0.25, 0.3) is 0 Å². The van der Waals surface area contributed by atoms with Gasteiger partial charge >= 0.3 is 0 Å². The van der Waals surface area contributed by atoms with Gasteiger partial charge in [-0.3, -0.25) is 0 Å². The topological polar surface area (TPSA) is 15.3 Å². The van der Waals surface area contributed by atoms with Crippen LogP contribution in [0.15, 0.2) is 0 Å². The van der Waals surface area contributed by atoms with Gasteiger partial charge in [-0.25, -0.2) is 0 Å².